The zero-order valence-corrected chi connectivity index (χ0v) is 20.2. The van der Waals surface area contributed by atoms with E-state index in [0.717, 1.165) is 54.7 Å². The molecule has 1 aliphatic heterocycles. The first-order chi connectivity index (χ1) is 14.2. The second-order valence-corrected chi connectivity index (χ2v) is 12.7. The largest absolute Gasteiger partial charge is 0.312 e. The summed E-state index contributed by atoms with van der Waals surface area (Å²) in [6.45, 7) is 4.53. The van der Waals surface area contributed by atoms with Crippen LogP contribution in [-0.4, -0.2) is 26.9 Å². The smallest absolute Gasteiger partial charge is 0.242 e. The van der Waals surface area contributed by atoms with Crippen LogP contribution in [0, 0.1) is 23.2 Å². The molecule has 1 amide bonds. The van der Waals surface area contributed by atoms with Crippen LogP contribution in [0.4, 0.5) is 5.69 Å². The van der Waals surface area contributed by atoms with Crippen LogP contribution >= 0.6 is 15.9 Å². The number of amides is 1. The SMILES string of the molecule is CCC(=O)N1CCc2cc(Br)c(S(=O)(=O)N[C@@H](C)C34CC5CC(CC(C5)C3)C4)cc21. The predicted octanol–water partition coefficient (Wildman–Crippen LogP) is 4.63. The summed E-state index contributed by atoms with van der Waals surface area (Å²) >= 11 is 3.49. The van der Waals surface area contributed by atoms with Gasteiger partial charge in [-0.1, -0.05) is 6.92 Å². The van der Waals surface area contributed by atoms with Crippen molar-refractivity contribution in [1.29, 1.82) is 0 Å². The number of nitrogens with one attached hydrogen (secondary N) is 1. The van der Waals surface area contributed by atoms with Crippen LogP contribution in [0.3, 0.4) is 0 Å². The van der Waals surface area contributed by atoms with Crippen molar-refractivity contribution in [2.75, 3.05) is 11.4 Å². The molecule has 0 saturated heterocycles. The molecule has 0 radical (unpaired) electrons. The van der Waals surface area contributed by atoms with Crippen molar-refractivity contribution >= 4 is 37.5 Å². The Bertz CT molecular complexity index is 955. The lowest BCUT2D eigenvalue weighted by Gasteiger charge is -2.59. The van der Waals surface area contributed by atoms with Crippen LogP contribution in [0.15, 0.2) is 21.5 Å². The van der Waals surface area contributed by atoms with Crippen LogP contribution in [0.5, 0.6) is 0 Å². The Morgan fingerprint density at radius 3 is 2.37 bits per heavy atom. The van der Waals surface area contributed by atoms with Gasteiger partial charge < -0.3 is 4.90 Å². The van der Waals surface area contributed by atoms with E-state index in [-0.39, 0.29) is 22.3 Å². The number of sulfonamides is 1. The molecule has 4 bridgehead atoms. The molecule has 5 nitrogen and oxygen atoms in total. The minimum Gasteiger partial charge on any atom is -0.312 e. The minimum absolute atomic E-state index is 0.0364. The number of benzene rings is 1. The first-order valence-electron chi connectivity index (χ1n) is 11.4. The van der Waals surface area contributed by atoms with Crippen molar-refractivity contribution in [3.63, 3.8) is 0 Å². The number of rotatable bonds is 5. The summed E-state index contributed by atoms with van der Waals surface area (Å²) < 4.78 is 30.6. The summed E-state index contributed by atoms with van der Waals surface area (Å²) in [7, 11) is -3.70. The number of hydrogen-bond acceptors (Lipinski definition) is 3. The van der Waals surface area contributed by atoms with Crippen molar-refractivity contribution in [1.82, 2.24) is 4.72 Å². The third kappa shape index (κ3) is 3.36. The molecule has 30 heavy (non-hydrogen) atoms. The van der Waals surface area contributed by atoms with E-state index in [0.29, 0.717) is 17.4 Å². The van der Waals surface area contributed by atoms with Crippen LogP contribution in [0.1, 0.15) is 64.4 Å². The lowest BCUT2D eigenvalue weighted by Crippen LogP contribution is -2.55. The molecule has 4 fully saturated rings. The third-order valence-corrected chi connectivity index (χ3v) is 10.8. The van der Waals surface area contributed by atoms with Crippen molar-refractivity contribution in [3.8, 4) is 0 Å². The predicted molar refractivity (Wildman–Crippen MR) is 121 cm³/mol. The molecule has 1 heterocycles. The zero-order chi connectivity index (χ0) is 21.3. The van der Waals surface area contributed by atoms with Gasteiger partial charge >= 0.3 is 0 Å². The van der Waals surface area contributed by atoms with E-state index in [9.17, 15) is 13.2 Å². The molecule has 4 saturated carbocycles. The van der Waals surface area contributed by atoms with E-state index >= 15 is 0 Å². The summed E-state index contributed by atoms with van der Waals surface area (Å²) in [6, 6.07) is 3.49. The Balaban J connectivity index is 1.43. The first-order valence-corrected chi connectivity index (χ1v) is 13.6. The Hall–Kier alpha value is -0.920. The molecule has 0 aromatic heterocycles. The topological polar surface area (TPSA) is 66.5 Å². The summed E-state index contributed by atoms with van der Waals surface area (Å²) in [6.07, 6.45) is 8.69. The number of fused-ring (bicyclic) bond motifs is 1. The highest BCUT2D eigenvalue weighted by Gasteiger charge is 2.53. The van der Waals surface area contributed by atoms with Crippen LogP contribution in [0.25, 0.3) is 0 Å². The highest BCUT2D eigenvalue weighted by Crippen LogP contribution is 2.61. The van der Waals surface area contributed by atoms with Gasteiger partial charge in [-0.2, -0.15) is 0 Å². The van der Waals surface area contributed by atoms with Gasteiger partial charge in [0, 0.05) is 29.2 Å². The number of nitrogens with zero attached hydrogens (tertiary/aromatic N) is 1. The number of halogens is 1. The van der Waals surface area contributed by atoms with Gasteiger partial charge in [-0.05, 0) is 109 Å². The fraction of sp³-hybridized carbons (Fsp3) is 0.696. The molecular formula is C23H31BrN2O3S. The van der Waals surface area contributed by atoms with Crippen molar-refractivity contribution in [2.45, 2.75) is 76.2 Å². The summed E-state index contributed by atoms with van der Waals surface area (Å²) in [5.74, 6) is 2.38. The molecule has 0 unspecified atom stereocenters. The zero-order valence-electron chi connectivity index (χ0n) is 17.8. The Morgan fingerprint density at radius 1 is 1.20 bits per heavy atom. The van der Waals surface area contributed by atoms with E-state index < -0.39 is 10.0 Å². The average molecular weight is 495 g/mol. The van der Waals surface area contributed by atoms with Crippen molar-refractivity contribution < 1.29 is 13.2 Å². The normalized spacial score (nSPS) is 33.0. The van der Waals surface area contributed by atoms with Gasteiger partial charge in [0.2, 0.25) is 15.9 Å². The summed E-state index contributed by atoms with van der Waals surface area (Å²) in [5, 5.41) is 0. The number of carbonyl (C=O) groups is 1. The lowest BCUT2D eigenvalue weighted by molar-refractivity contribution is -0.118. The van der Waals surface area contributed by atoms with Crippen LogP contribution in [0.2, 0.25) is 0 Å². The van der Waals surface area contributed by atoms with Gasteiger partial charge in [-0.15, -0.1) is 0 Å². The molecular weight excluding hydrogens is 464 g/mol. The average Bonchev–Trinajstić information content (AvgIpc) is 3.08. The van der Waals surface area contributed by atoms with E-state index in [2.05, 4.69) is 27.6 Å². The van der Waals surface area contributed by atoms with Gasteiger partial charge in [0.25, 0.3) is 0 Å². The number of carbonyl (C=O) groups excluding carboxylic acids is 1. The lowest BCUT2D eigenvalue weighted by atomic mass is 9.48. The maximum atomic E-state index is 13.5. The molecule has 1 aromatic rings. The Labute approximate surface area is 188 Å². The first kappa shape index (κ1) is 21.0. The molecule has 1 N–H and O–H groups in total. The molecule has 5 aliphatic rings. The maximum absolute atomic E-state index is 13.5. The van der Waals surface area contributed by atoms with Crippen LogP contribution < -0.4 is 9.62 Å². The molecule has 7 heteroatoms. The number of hydrogen-bond donors (Lipinski definition) is 1. The molecule has 0 spiro atoms. The van der Waals surface area contributed by atoms with Crippen molar-refractivity contribution in [3.05, 3.63) is 22.2 Å². The standard InChI is InChI=1S/C23H31BrN2O3S/c1-3-22(27)26-5-4-18-9-19(24)21(10-20(18)26)30(28,29)25-14(2)23-11-15-6-16(12-23)8-17(7-15)13-23/h9-10,14-17,25H,3-8,11-13H2,1-2H3/t14-,15?,16?,17?,23?/m0/s1. The molecule has 164 valence electrons. The fourth-order valence-electron chi connectivity index (χ4n) is 7.17. The molecule has 1 atom stereocenters. The molecule has 6 rings (SSSR count). The van der Waals surface area contributed by atoms with Crippen LogP contribution in [-0.2, 0) is 21.2 Å². The van der Waals surface area contributed by atoms with E-state index in [1.165, 1.54) is 19.3 Å². The van der Waals surface area contributed by atoms with Gasteiger partial charge in [-0.3, -0.25) is 4.79 Å². The van der Waals surface area contributed by atoms with E-state index in [1.54, 1.807) is 11.0 Å². The van der Waals surface area contributed by atoms with Crippen molar-refractivity contribution in [2.24, 2.45) is 23.2 Å². The summed E-state index contributed by atoms with van der Waals surface area (Å²) in [5.41, 5.74) is 1.87. The maximum Gasteiger partial charge on any atom is 0.242 e. The minimum atomic E-state index is -3.70. The van der Waals surface area contributed by atoms with Gasteiger partial charge in [0.05, 0.1) is 4.90 Å². The van der Waals surface area contributed by atoms with Gasteiger partial charge in [0.1, 0.15) is 0 Å². The molecule has 1 aromatic carbocycles. The van der Waals surface area contributed by atoms with Gasteiger partial charge in [0.15, 0.2) is 0 Å². The third-order valence-electron chi connectivity index (χ3n) is 8.26. The highest BCUT2D eigenvalue weighted by atomic mass is 79.9. The summed E-state index contributed by atoms with van der Waals surface area (Å²) in [4.78, 5) is 14.3. The quantitative estimate of drug-likeness (QED) is 0.648. The monoisotopic (exact) mass is 494 g/mol. The highest BCUT2D eigenvalue weighted by molar-refractivity contribution is 9.10. The van der Waals surface area contributed by atoms with Gasteiger partial charge in [-0.25, -0.2) is 13.1 Å². The Kier molecular flexibility index (Phi) is 5.10. The second-order valence-electron chi connectivity index (χ2n) is 10.2. The fourth-order valence-corrected chi connectivity index (χ4v) is 9.63. The second kappa shape index (κ2) is 7.31. The van der Waals surface area contributed by atoms with E-state index in [4.69, 9.17) is 0 Å². The molecule has 4 aliphatic carbocycles. The number of anilines is 1. The Morgan fingerprint density at radius 2 is 1.80 bits per heavy atom. The van der Waals surface area contributed by atoms with E-state index in [1.807, 2.05) is 13.0 Å².